The first-order chi connectivity index (χ1) is 9.31. The molecule has 2 rings (SSSR count). The zero-order valence-corrected chi connectivity index (χ0v) is 10.8. The van der Waals surface area contributed by atoms with E-state index in [-0.39, 0.29) is 29.7 Å². The van der Waals surface area contributed by atoms with Gasteiger partial charge in [0.1, 0.15) is 11.7 Å². The minimum Gasteiger partial charge on any atom is -0.368 e. The van der Waals surface area contributed by atoms with Gasteiger partial charge in [-0.1, -0.05) is 0 Å². The van der Waals surface area contributed by atoms with Crippen molar-refractivity contribution in [2.24, 2.45) is 0 Å². The summed E-state index contributed by atoms with van der Waals surface area (Å²) < 4.78 is 0. The number of nitrogen functional groups attached to an aromatic ring is 1. The highest BCUT2D eigenvalue weighted by Crippen LogP contribution is 2.31. The number of hydrogen-bond acceptors (Lipinski definition) is 8. The quantitative estimate of drug-likeness (QED) is 0.404. The topological polar surface area (TPSA) is 144 Å². The first-order valence-electron chi connectivity index (χ1n) is 5.70. The van der Waals surface area contributed by atoms with Gasteiger partial charge in [0.2, 0.25) is 23.6 Å². The number of hydrogen-bond donors (Lipinski definition) is 2. The van der Waals surface area contributed by atoms with Gasteiger partial charge in [0.05, 0.1) is 11.5 Å². The van der Waals surface area contributed by atoms with Crippen molar-refractivity contribution < 1.29 is 14.5 Å². The second-order valence-electron chi connectivity index (χ2n) is 4.31. The number of carbonyl (C=O) groups excluding carboxylic acids is 2. The number of aromatic nitrogens is 2. The van der Waals surface area contributed by atoms with Crippen molar-refractivity contribution in [2.75, 3.05) is 17.2 Å². The molecule has 0 radical (unpaired) electrons. The van der Waals surface area contributed by atoms with Crippen LogP contribution in [0.15, 0.2) is 0 Å². The van der Waals surface area contributed by atoms with Gasteiger partial charge in [-0.15, -0.1) is 0 Å². The zero-order chi connectivity index (χ0) is 15.0. The molecule has 1 aliphatic rings. The molecule has 1 unspecified atom stereocenters. The van der Waals surface area contributed by atoms with E-state index in [0.717, 1.165) is 0 Å². The summed E-state index contributed by atoms with van der Waals surface area (Å²) in [5, 5.41) is 13.3. The van der Waals surface area contributed by atoms with Gasteiger partial charge in [-0.3, -0.25) is 25.0 Å². The number of rotatable bonds is 2. The molecule has 0 saturated carbocycles. The molecule has 0 aliphatic carbocycles. The third kappa shape index (κ3) is 2.22. The van der Waals surface area contributed by atoms with Crippen LogP contribution in [0.1, 0.15) is 12.6 Å². The van der Waals surface area contributed by atoms with Crippen molar-refractivity contribution in [3.8, 4) is 0 Å². The van der Waals surface area contributed by atoms with E-state index in [1.807, 2.05) is 0 Å². The van der Waals surface area contributed by atoms with Crippen molar-refractivity contribution in [2.45, 2.75) is 19.9 Å². The lowest BCUT2D eigenvalue weighted by Gasteiger charge is -2.32. The third-order valence-corrected chi connectivity index (χ3v) is 2.94. The smallest absolute Gasteiger partial charge is 0.332 e. The Morgan fingerprint density at radius 1 is 1.45 bits per heavy atom. The number of nitrogens with one attached hydrogen (secondary N) is 1. The highest BCUT2D eigenvalue weighted by atomic mass is 16.6. The Morgan fingerprint density at radius 2 is 2.10 bits per heavy atom. The normalized spacial score (nSPS) is 18.9. The molecular formula is C10H12N6O4. The van der Waals surface area contributed by atoms with Crippen LogP contribution in [0.5, 0.6) is 0 Å². The molecule has 10 heteroatoms. The standard InChI is InChI=1S/C10H12N6O4/c1-4-7(16(19)20)8(14-10(11)12-4)15-3-6(17)13-9(18)5(15)2/h5H,3H2,1-2H3,(H2,11,12,14)(H,13,17,18). The molecule has 1 fully saturated rings. The molecule has 2 heterocycles. The summed E-state index contributed by atoms with van der Waals surface area (Å²) in [6.07, 6.45) is 0. The predicted molar refractivity (Wildman–Crippen MR) is 67.8 cm³/mol. The van der Waals surface area contributed by atoms with E-state index < -0.39 is 22.8 Å². The molecule has 1 aromatic heterocycles. The lowest BCUT2D eigenvalue weighted by Crippen LogP contribution is -2.57. The van der Waals surface area contributed by atoms with Crippen LogP contribution < -0.4 is 16.0 Å². The molecule has 1 aliphatic heterocycles. The van der Waals surface area contributed by atoms with Gasteiger partial charge in [-0.05, 0) is 13.8 Å². The Kier molecular flexibility index (Phi) is 3.22. The minimum atomic E-state index is -0.778. The van der Waals surface area contributed by atoms with Crippen molar-refractivity contribution in [1.29, 1.82) is 0 Å². The number of imide groups is 1. The minimum absolute atomic E-state index is 0.0723. The van der Waals surface area contributed by atoms with Gasteiger partial charge in [-0.25, -0.2) is 4.98 Å². The monoisotopic (exact) mass is 280 g/mol. The number of anilines is 2. The van der Waals surface area contributed by atoms with E-state index >= 15 is 0 Å². The van der Waals surface area contributed by atoms with Crippen LogP contribution in [0.4, 0.5) is 17.5 Å². The summed E-state index contributed by atoms with van der Waals surface area (Å²) in [5.41, 5.74) is 5.20. The van der Waals surface area contributed by atoms with Crippen molar-refractivity contribution >= 4 is 29.3 Å². The van der Waals surface area contributed by atoms with Crippen LogP contribution in [-0.4, -0.2) is 39.3 Å². The van der Waals surface area contributed by atoms with Crippen molar-refractivity contribution in [3.63, 3.8) is 0 Å². The second-order valence-corrected chi connectivity index (χ2v) is 4.31. The van der Waals surface area contributed by atoms with Crippen LogP contribution in [-0.2, 0) is 9.59 Å². The Hall–Kier alpha value is -2.78. The lowest BCUT2D eigenvalue weighted by atomic mass is 10.2. The molecule has 0 spiro atoms. The molecule has 20 heavy (non-hydrogen) atoms. The molecule has 1 saturated heterocycles. The Morgan fingerprint density at radius 3 is 2.70 bits per heavy atom. The highest BCUT2D eigenvalue weighted by molar-refractivity contribution is 6.04. The Labute approximate surface area is 113 Å². The van der Waals surface area contributed by atoms with Crippen LogP contribution in [0.3, 0.4) is 0 Å². The number of amides is 2. The van der Waals surface area contributed by atoms with E-state index in [0.29, 0.717) is 0 Å². The van der Waals surface area contributed by atoms with Gasteiger partial charge >= 0.3 is 5.69 Å². The molecule has 10 nitrogen and oxygen atoms in total. The van der Waals surface area contributed by atoms with E-state index in [9.17, 15) is 19.7 Å². The second kappa shape index (κ2) is 4.72. The highest BCUT2D eigenvalue weighted by Gasteiger charge is 2.36. The van der Waals surface area contributed by atoms with Gasteiger partial charge in [0.15, 0.2) is 0 Å². The van der Waals surface area contributed by atoms with Crippen LogP contribution in [0.25, 0.3) is 0 Å². The Balaban J connectivity index is 2.58. The first kappa shape index (κ1) is 13.6. The van der Waals surface area contributed by atoms with E-state index in [1.165, 1.54) is 18.7 Å². The largest absolute Gasteiger partial charge is 0.368 e. The molecule has 1 atom stereocenters. The SMILES string of the molecule is Cc1nc(N)nc(N2CC(=O)NC(=O)C2C)c1[N+](=O)[O-]. The number of carbonyl (C=O) groups is 2. The predicted octanol–water partition coefficient (Wildman–Crippen LogP) is -0.873. The van der Waals surface area contributed by atoms with Gasteiger partial charge in [-0.2, -0.15) is 4.98 Å². The van der Waals surface area contributed by atoms with Gasteiger partial charge in [0.25, 0.3) is 0 Å². The molecule has 2 amide bonds. The number of nitrogens with zero attached hydrogens (tertiary/aromatic N) is 4. The molecule has 106 valence electrons. The maximum Gasteiger partial charge on any atom is 0.332 e. The summed E-state index contributed by atoms with van der Waals surface area (Å²) in [7, 11) is 0. The molecule has 0 bridgehead atoms. The van der Waals surface area contributed by atoms with Crippen molar-refractivity contribution in [3.05, 3.63) is 15.8 Å². The van der Waals surface area contributed by atoms with E-state index in [4.69, 9.17) is 5.73 Å². The van der Waals surface area contributed by atoms with Gasteiger partial charge in [0, 0.05) is 0 Å². The third-order valence-electron chi connectivity index (χ3n) is 2.94. The molecule has 3 N–H and O–H groups in total. The summed E-state index contributed by atoms with van der Waals surface area (Å²) in [4.78, 5) is 42.3. The maximum absolute atomic E-state index is 11.6. The summed E-state index contributed by atoms with van der Waals surface area (Å²) >= 11 is 0. The molecular weight excluding hydrogens is 268 g/mol. The fraction of sp³-hybridized carbons (Fsp3) is 0.400. The van der Waals surface area contributed by atoms with Crippen molar-refractivity contribution in [1.82, 2.24) is 15.3 Å². The fourth-order valence-electron chi connectivity index (χ4n) is 1.96. The van der Waals surface area contributed by atoms with Crippen LogP contribution in [0.2, 0.25) is 0 Å². The Bertz CT molecular complexity index is 616. The fourth-order valence-corrected chi connectivity index (χ4v) is 1.96. The zero-order valence-electron chi connectivity index (χ0n) is 10.8. The summed E-state index contributed by atoms with van der Waals surface area (Å²) in [5.74, 6) is -1.40. The summed E-state index contributed by atoms with van der Waals surface area (Å²) in [6, 6.07) is -0.778. The number of nitro groups is 1. The lowest BCUT2D eigenvalue weighted by molar-refractivity contribution is -0.385. The van der Waals surface area contributed by atoms with E-state index in [2.05, 4.69) is 15.3 Å². The molecule has 1 aromatic rings. The average Bonchev–Trinajstić information content (AvgIpc) is 2.32. The van der Waals surface area contributed by atoms with Crippen LogP contribution >= 0.6 is 0 Å². The number of nitrogens with two attached hydrogens (primary N) is 1. The first-order valence-corrected chi connectivity index (χ1v) is 5.70. The summed E-state index contributed by atoms with van der Waals surface area (Å²) in [6.45, 7) is 2.71. The maximum atomic E-state index is 11.6. The number of piperazine rings is 1. The average molecular weight is 280 g/mol. The van der Waals surface area contributed by atoms with E-state index in [1.54, 1.807) is 0 Å². The molecule has 0 aromatic carbocycles. The van der Waals surface area contributed by atoms with Crippen LogP contribution in [0, 0.1) is 17.0 Å². The van der Waals surface area contributed by atoms with Gasteiger partial charge < -0.3 is 10.6 Å². The number of aryl methyl sites for hydroxylation is 1.